The van der Waals surface area contributed by atoms with E-state index < -0.39 is 17.9 Å². The maximum Gasteiger partial charge on any atom is 0.414 e. The first-order valence-electron chi connectivity index (χ1n) is 9.52. The van der Waals surface area contributed by atoms with Gasteiger partial charge in [0.2, 0.25) is 0 Å². The number of imide groups is 1. The van der Waals surface area contributed by atoms with Gasteiger partial charge in [-0.15, -0.1) is 11.3 Å². The number of hydrogen-bond acceptors (Lipinski definition) is 7. The minimum absolute atomic E-state index is 0.0970. The van der Waals surface area contributed by atoms with Gasteiger partial charge < -0.3 is 19.2 Å². The second-order valence-electron chi connectivity index (χ2n) is 6.68. The fraction of sp³-hybridized carbons (Fsp3) is 0.286. The number of ether oxygens (including phenoxy) is 2. The zero-order valence-corrected chi connectivity index (χ0v) is 17.3. The van der Waals surface area contributed by atoms with Crippen molar-refractivity contribution in [3.63, 3.8) is 0 Å². The number of nitrogens with one attached hydrogen (secondary N) is 2. The molecule has 4 rings (SSSR count). The zero-order chi connectivity index (χ0) is 21.3. The highest BCUT2D eigenvalue weighted by atomic mass is 32.1. The lowest BCUT2D eigenvalue weighted by molar-refractivity contribution is 0.0925. The normalized spacial score (nSPS) is 12.5. The molecule has 2 N–H and O–H groups in total. The van der Waals surface area contributed by atoms with Gasteiger partial charge in [-0.3, -0.25) is 14.9 Å². The Labute approximate surface area is 176 Å². The number of aryl methyl sites for hydroxylation is 1. The van der Waals surface area contributed by atoms with Crippen LogP contribution in [0.5, 0.6) is 5.75 Å². The molecule has 30 heavy (non-hydrogen) atoms. The first-order valence-corrected chi connectivity index (χ1v) is 10.3. The number of amides is 3. The zero-order valence-electron chi connectivity index (χ0n) is 16.5. The molecule has 1 aromatic carbocycles. The molecule has 0 saturated heterocycles. The van der Waals surface area contributed by atoms with Crippen molar-refractivity contribution in [2.45, 2.75) is 26.2 Å². The van der Waals surface area contributed by atoms with Crippen LogP contribution in [0.4, 0.5) is 9.80 Å². The average molecular weight is 428 g/mol. The molecule has 0 unspecified atom stereocenters. The standard InChI is InChI=1S/C21H20N2O6S/c1-3-28-21(26)23-19(25)16-12-7-5-9-15(12)30-20(16)22-18(24)14-10-11-6-4-8-13(27-2)17(11)29-14/h4,6,8,10H,3,5,7,9H2,1-2H3,(H,22,24)(H,23,25,26). The van der Waals surface area contributed by atoms with Crippen molar-refractivity contribution < 1.29 is 28.3 Å². The highest BCUT2D eigenvalue weighted by Gasteiger charge is 2.29. The Hall–Kier alpha value is -3.33. The predicted octanol–water partition coefficient (Wildman–Crippen LogP) is 4.13. The van der Waals surface area contributed by atoms with E-state index in [1.54, 1.807) is 25.1 Å². The van der Waals surface area contributed by atoms with E-state index in [1.807, 2.05) is 6.07 Å². The molecule has 156 valence electrons. The lowest BCUT2D eigenvalue weighted by Crippen LogP contribution is -2.32. The monoisotopic (exact) mass is 428 g/mol. The van der Waals surface area contributed by atoms with E-state index in [-0.39, 0.29) is 12.4 Å². The molecule has 0 spiro atoms. The molecule has 1 aliphatic rings. The Bertz CT molecular complexity index is 1150. The van der Waals surface area contributed by atoms with Gasteiger partial charge >= 0.3 is 6.09 Å². The maximum absolute atomic E-state index is 12.8. The van der Waals surface area contributed by atoms with Gasteiger partial charge in [-0.05, 0) is 43.9 Å². The van der Waals surface area contributed by atoms with Gasteiger partial charge in [-0.25, -0.2) is 4.79 Å². The Balaban J connectivity index is 1.62. The van der Waals surface area contributed by atoms with Crippen LogP contribution in [-0.2, 0) is 17.6 Å². The summed E-state index contributed by atoms with van der Waals surface area (Å²) in [4.78, 5) is 38.3. The van der Waals surface area contributed by atoms with Crippen LogP contribution in [0.25, 0.3) is 11.0 Å². The number of anilines is 1. The summed E-state index contributed by atoms with van der Waals surface area (Å²) >= 11 is 1.34. The maximum atomic E-state index is 12.8. The van der Waals surface area contributed by atoms with E-state index in [1.165, 1.54) is 18.4 Å². The van der Waals surface area contributed by atoms with Gasteiger partial charge in [0.05, 0.1) is 19.3 Å². The van der Waals surface area contributed by atoms with Crippen molar-refractivity contribution in [1.82, 2.24) is 5.32 Å². The Morgan fingerprint density at radius 2 is 2.03 bits per heavy atom. The molecule has 0 fully saturated rings. The van der Waals surface area contributed by atoms with Gasteiger partial charge in [-0.2, -0.15) is 0 Å². The van der Waals surface area contributed by atoms with Crippen LogP contribution < -0.4 is 15.4 Å². The molecule has 0 saturated carbocycles. The first kappa shape index (κ1) is 20.0. The third kappa shape index (κ3) is 3.63. The number of thiophene rings is 1. The molecular formula is C21H20N2O6S. The average Bonchev–Trinajstić information content (AvgIpc) is 3.41. The van der Waals surface area contributed by atoms with Crippen LogP contribution in [0.15, 0.2) is 28.7 Å². The van der Waals surface area contributed by atoms with Crippen molar-refractivity contribution in [3.8, 4) is 5.75 Å². The van der Waals surface area contributed by atoms with Gasteiger partial charge in [0.15, 0.2) is 17.1 Å². The largest absolute Gasteiger partial charge is 0.493 e. The van der Waals surface area contributed by atoms with E-state index >= 15 is 0 Å². The van der Waals surface area contributed by atoms with Crippen molar-refractivity contribution in [1.29, 1.82) is 0 Å². The van der Waals surface area contributed by atoms with Crippen LogP contribution in [-0.4, -0.2) is 31.6 Å². The molecule has 0 aliphatic heterocycles. The van der Waals surface area contributed by atoms with E-state index in [9.17, 15) is 14.4 Å². The number of hydrogen-bond donors (Lipinski definition) is 2. The van der Waals surface area contributed by atoms with Crippen LogP contribution >= 0.6 is 11.3 Å². The second kappa shape index (κ2) is 8.19. The Kier molecular flexibility index (Phi) is 5.45. The molecule has 1 aliphatic carbocycles. The molecule has 8 nitrogen and oxygen atoms in total. The van der Waals surface area contributed by atoms with Gasteiger partial charge in [0.1, 0.15) is 5.00 Å². The summed E-state index contributed by atoms with van der Waals surface area (Å²) in [5, 5.41) is 6.11. The number of carbonyl (C=O) groups excluding carboxylic acids is 3. The third-order valence-corrected chi connectivity index (χ3v) is 6.03. The molecule has 3 amide bonds. The lowest BCUT2D eigenvalue weighted by atomic mass is 10.1. The fourth-order valence-corrected chi connectivity index (χ4v) is 4.81. The molecule has 0 radical (unpaired) electrons. The van der Waals surface area contributed by atoms with Crippen molar-refractivity contribution >= 4 is 45.2 Å². The number of alkyl carbamates (subject to hydrolysis) is 1. The third-order valence-electron chi connectivity index (χ3n) is 4.82. The smallest absolute Gasteiger partial charge is 0.414 e. The molecular weight excluding hydrogens is 408 g/mol. The quantitative estimate of drug-likeness (QED) is 0.633. The number of benzene rings is 1. The molecule has 2 heterocycles. The van der Waals surface area contributed by atoms with E-state index in [0.29, 0.717) is 21.9 Å². The summed E-state index contributed by atoms with van der Waals surface area (Å²) in [5.74, 6) is -0.455. The number of furan rings is 1. The SMILES string of the molecule is CCOC(=O)NC(=O)c1c(NC(=O)c2cc3cccc(OC)c3o2)sc2c1CCC2. The van der Waals surface area contributed by atoms with Crippen LogP contribution in [0.1, 0.15) is 44.7 Å². The van der Waals surface area contributed by atoms with Crippen molar-refractivity contribution in [2.24, 2.45) is 0 Å². The number of methoxy groups -OCH3 is 1. The highest BCUT2D eigenvalue weighted by Crippen LogP contribution is 2.39. The van der Waals surface area contributed by atoms with E-state index in [2.05, 4.69) is 10.6 Å². The van der Waals surface area contributed by atoms with E-state index in [4.69, 9.17) is 13.9 Å². The predicted molar refractivity (Wildman–Crippen MR) is 112 cm³/mol. The van der Waals surface area contributed by atoms with Gasteiger partial charge in [0, 0.05) is 10.3 Å². The van der Waals surface area contributed by atoms with Crippen LogP contribution in [0.2, 0.25) is 0 Å². The summed E-state index contributed by atoms with van der Waals surface area (Å²) in [5.41, 5.74) is 1.64. The summed E-state index contributed by atoms with van der Waals surface area (Å²) in [7, 11) is 1.53. The number of para-hydroxylation sites is 1. The fourth-order valence-electron chi connectivity index (χ4n) is 3.53. The summed E-state index contributed by atoms with van der Waals surface area (Å²) in [6.07, 6.45) is 1.66. The van der Waals surface area contributed by atoms with Gasteiger partial charge in [0.25, 0.3) is 11.8 Å². The summed E-state index contributed by atoms with van der Waals surface area (Å²) in [6.45, 7) is 1.81. The molecule has 0 bridgehead atoms. The minimum atomic E-state index is -0.817. The topological polar surface area (TPSA) is 107 Å². The van der Waals surface area contributed by atoms with Gasteiger partial charge in [-0.1, -0.05) is 12.1 Å². The van der Waals surface area contributed by atoms with Crippen LogP contribution in [0.3, 0.4) is 0 Å². The first-order chi connectivity index (χ1) is 14.5. The number of fused-ring (bicyclic) bond motifs is 2. The highest BCUT2D eigenvalue weighted by molar-refractivity contribution is 7.17. The lowest BCUT2D eigenvalue weighted by Gasteiger charge is -2.08. The summed E-state index contributed by atoms with van der Waals surface area (Å²) < 4.78 is 15.8. The minimum Gasteiger partial charge on any atom is -0.493 e. The van der Waals surface area contributed by atoms with Crippen molar-refractivity contribution in [3.05, 3.63) is 46.0 Å². The van der Waals surface area contributed by atoms with E-state index in [0.717, 1.165) is 35.1 Å². The Morgan fingerprint density at radius 1 is 1.20 bits per heavy atom. The molecule has 3 aromatic rings. The molecule has 9 heteroatoms. The Morgan fingerprint density at radius 3 is 2.80 bits per heavy atom. The second-order valence-corrected chi connectivity index (χ2v) is 7.78. The number of carbonyl (C=O) groups is 3. The number of rotatable bonds is 5. The molecule has 0 atom stereocenters. The van der Waals surface area contributed by atoms with Crippen molar-refractivity contribution in [2.75, 3.05) is 19.0 Å². The summed E-state index contributed by atoms with van der Waals surface area (Å²) in [6, 6.07) is 6.98. The molecule has 2 aromatic heterocycles. The van der Waals surface area contributed by atoms with Crippen LogP contribution in [0, 0.1) is 0 Å².